The fraction of sp³-hybridized carbons (Fsp3) is 0.412. The van der Waals surface area contributed by atoms with Gasteiger partial charge >= 0.3 is 5.97 Å². The van der Waals surface area contributed by atoms with Crippen molar-refractivity contribution in [1.29, 1.82) is 0 Å². The predicted octanol–water partition coefficient (Wildman–Crippen LogP) is 2.03. The fourth-order valence-corrected chi connectivity index (χ4v) is 3.94. The van der Waals surface area contributed by atoms with Crippen LogP contribution in [0.25, 0.3) is 0 Å². The largest absolute Gasteiger partial charge is 0.466 e. The number of hydrogen-bond acceptors (Lipinski definition) is 5. The monoisotopic (exact) mass is 332 g/mol. The van der Waals surface area contributed by atoms with Crippen LogP contribution in [0.15, 0.2) is 35.4 Å². The number of carbonyl (C=O) groups excluding carboxylic acids is 2. The summed E-state index contributed by atoms with van der Waals surface area (Å²) in [7, 11) is 1.34. The SMILES string of the molecule is COC(=O)/C=C1\SCC(=O)N1CCCN1CCc2ccccc21. The second kappa shape index (κ2) is 7.08. The van der Waals surface area contributed by atoms with E-state index in [1.54, 1.807) is 4.90 Å². The topological polar surface area (TPSA) is 49.9 Å². The first-order valence-corrected chi connectivity index (χ1v) is 8.73. The number of hydrogen-bond donors (Lipinski definition) is 0. The summed E-state index contributed by atoms with van der Waals surface area (Å²) in [5, 5.41) is 0.698. The number of amides is 1. The standard InChI is InChI=1S/C17H20N2O3S/c1-22-17(21)11-16-19(15(20)12-23-16)9-4-8-18-10-7-13-5-2-3-6-14(13)18/h2-3,5-6,11H,4,7-10,12H2,1H3/b16-11-. The molecule has 6 heteroatoms. The van der Waals surface area contributed by atoms with Gasteiger partial charge in [-0.15, -0.1) is 0 Å². The second-order valence-electron chi connectivity index (χ2n) is 5.56. The Labute approximate surface area is 140 Å². The zero-order valence-electron chi connectivity index (χ0n) is 13.2. The predicted molar refractivity (Wildman–Crippen MR) is 91.2 cm³/mol. The molecule has 0 aromatic heterocycles. The first-order chi connectivity index (χ1) is 11.2. The third-order valence-electron chi connectivity index (χ3n) is 4.15. The minimum atomic E-state index is -0.416. The van der Waals surface area contributed by atoms with Crippen LogP contribution in [0, 0.1) is 0 Å². The van der Waals surface area contributed by atoms with E-state index < -0.39 is 5.97 Å². The van der Waals surface area contributed by atoms with Gasteiger partial charge in [0.1, 0.15) is 0 Å². The molecule has 2 heterocycles. The number of carbonyl (C=O) groups is 2. The number of esters is 1. The number of thioether (sulfide) groups is 1. The normalized spacial score (nSPS) is 18.7. The number of methoxy groups -OCH3 is 1. The molecule has 1 fully saturated rings. The van der Waals surface area contributed by atoms with Crippen LogP contribution in [0.1, 0.15) is 12.0 Å². The molecule has 2 aliphatic heterocycles. The van der Waals surface area contributed by atoms with Crippen molar-refractivity contribution in [3.8, 4) is 0 Å². The lowest BCUT2D eigenvalue weighted by Gasteiger charge is -2.22. The molecule has 2 aliphatic rings. The Bertz CT molecular complexity index is 644. The third kappa shape index (κ3) is 3.52. The molecule has 1 saturated heterocycles. The number of ether oxygens (including phenoxy) is 1. The second-order valence-corrected chi connectivity index (χ2v) is 6.55. The summed E-state index contributed by atoms with van der Waals surface area (Å²) in [5.74, 6) is 0.0442. The van der Waals surface area contributed by atoms with Gasteiger partial charge in [-0.05, 0) is 24.5 Å². The first-order valence-electron chi connectivity index (χ1n) is 7.74. The van der Waals surface area contributed by atoms with E-state index in [-0.39, 0.29) is 5.91 Å². The third-order valence-corrected chi connectivity index (χ3v) is 5.17. The van der Waals surface area contributed by atoms with Crippen LogP contribution >= 0.6 is 11.8 Å². The molecule has 0 bridgehead atoms. The van der Waals surface area contributed by atoms with Gasteiger partial charge in [0.05, 0.1) is 24.0 Å². The van der Waals surface area contributed by atoms with Gasteiger partial charge in [0.2, 0.25) is 5.91 Å². The number of anilines is 1. The summed E-state index contributed by atoms with van der Waals surface area (Å²) >= 11 is 1.40. The lowest BCUT2D eigenvalue weighted by molar-refractivity contribution is -0.134. The molecule has 23 heavy (non-hydrogen) atoms. The van der Waals surface area contributed by atoms with Crippen LogP contribution in [-0.2, 0) is 20.7 Å². The van der Waals surface area contributed by atoms with Crippen molar-refractivity contribution < 1.29 is 14.3 Å². The molecule has 0 saturated carbocycles. The Morgan fingerprint density at radius 1 is 1.35 bits per heavy atom. The zero-order valence-corrected chi connectivity index (χ0v) is 14.0. The van der Waals surface area contributed by atoms with E-state index in [1.807, 2.05) is 0 Å². The summed E-state index contributed by atoms with van der Waals surface area (Å²) in [5.41, 5.74) is 2.70. The molecule has 122 valence electrons. The van der Waals surface area contributed by atoms with Crippen molar-refractivity contribution in [2.24, 2.45) is 0 Å². The van der Waals surface area contributed by atoms with Gasteiger partial charge in [0, 0.05) is 25.3 Å². The highest BCUT2D eigenvalue weighted by molar-refractivity contribution is 8.04. The average molecular weight is 332 g/mol. The summed E-state index contributed by atoms with van der Waals surface area (Å²) < 4.78 is 4.65. The molecule has 1 aromatic carbocycles. The summed E-state index contributed by atoms with van der Waals surface area (Å²) in [6.07, 6.45) is 3.36. The van der Waals surface area contributed by atoms with Crippen LogP contribution in [0.2, 0.25) is 0 Å². The van der Waals surface area contributed by atoms with Crippen molar-refractivity contribution in [1.82, 2.24) is 4.90 Å². The molecule has 0 atom stereocenters. The smallest absolute Gasteiger partial charge is 0.333 e. The maximum atomic E-state index is 12.0. The van der Waals surface area contributed by atoms with E-state index in [1.165, 1.54) is 36.2 Å². The Kier molecular flexibility index (Phi) is 4.91. The van der Waals surface area contributed by atoms with Gasteiger partial charge in [-0.25, -0.2) is 4.79 Å². The highest BCUT2D eigenvalue weighted by Crippen LogP contribution is 2.30. The van der Waals surface area contributed by atoms with Crippen molar-refractivity contribution >= 4 is 29.3 Å². The number of fused-ring (bicyclic) bond motifs is 1. The number of para-hydroxylation sites is 1. The zero-order chi connectivity index (χ0) is 16.2. The average Bonchev–Trinajstić information content (AvgIpc) is 3.13. The van der Waals surface area contributed by atoms with Crippen molar-refractivity contribution in [2.45, 2.75) is 12.8 Å². The molecule has 3 rings (SSSR count). The Morgan fingerprint density at radius 3 is 3.00 bits per heavy atom. The van der Waals surface area contributed by atoms with Crippen LogP contribution in [-0.4, -0.2) is 49.3 Å². The summed E-state index contributed by atoms with van der Waals surface area (Å²) in [6, 6.07) is 8.47. The number of rotatable bonds is 5. The lowest BCUT2D eigenvalue weighted by Crippen LogP contribution is -2.30. The minimum absolute atomic E-state index is 0.0620. The van der Waals surface area contributed by atoms with E-state index in [4.69, 9.17) is 0 Å². The van der Waals surface area contributed by atoms with Crippen LogP contribution < -0.4 is 4.90 Å². The molecule has 0 unspecified atom stereocenters. The maximum Gasteiger partial charge on any atom is 0.333 e. The van der Waals surface area contributed by atoms with Crippen molar-refractivity contribution in [2.75, 3.05) is 37.4 Å². The molecule has 0 aliphatic carbocycles. The molecular formula is C17H20N2O3S. The Hall–Kier alpha value is -1.95. The van der Waals surface area contributed by atoms with E-state index in [2.05, 4.69) is 33.9 Å². The molecule has 5 nitrogen and oxygen atoms in total. The minimum Gasteiger partial charge on any atom is -0.466 e. The molecule has 0 N–H and O–H groups in total. The molecule has 0 radical (unpaired) electrons. The highest BCUT2D eigenvalue weighted by Gasteiger charge is 2.27. The Balaban J connectivity index is 1.57. The summed E-state index contributed by atoms with van der Waals surface area (Å²) in [4.78, 5) is 27.4. The lowest BCUT2D eigenvalue weighted by atomic mass is 10.2. The summed E-state index contributed by atoms with van der Waals surface area (Å²) in [6.45, 7) is 2.58. The van der Waals surface area contributed by atoms with Crippen LogP contribution in [0.4, 0.5) is 5.69 Å². The highest BCUT2D eigenvalue weighted by atomic mass is 32.2. The van der Waals surface area contributed by atoms with E-state index in [0.29, 0.717) is 17.3 Å². The van der Waals surface area contributed by atoms with Crippen molar-refractivity contribution in [3.63, 3.8) is 0 Å². The molecule has 1 aromatic rings. The number of nitrogens with zero attached hydrogens (tertiary/aromatic N) is 2. The quantitative estimate of drug-likeness (QED) is 0.610. The van der Waals surface area contributed by atoms with Gasteiger partial charge in [-0.2, -0.15) is 0 Å². The molecule has 0 spiro atoms. The van der Waals surface area contributed by atoms with Gasteiger partial charge in [-0.1, -0.05) is 30.0 Å². The van der Waals surface area contributed by atoms with Gasteiger partial charge in [0.25, 0.3) is 0 Å². The fourth-order valence-electron chi connectivity index (χ4n) is 2.99. The van der Waals surface area contributed by atoms with E-state index in [0.717, 1.165) is 25.9 Å². The van der Waals surface area contributed by atoms with Crippen LogP contribution in [0.3, 0.4) is 0 Å². The first kappa shape index (κ1) is 15.9. The molecular weight excluding hydrogens is 312 g/mol. The van der Waals surface area contributed by atoms with Gasteiger partial charge < -0.3 is 14.5 Å². The van der Waals surface area contributed by atoms with Gasteiger partial charge in [0.15, 0.2) is 0 Å². The maximum absolute atomic E-state index is 12.0. The Morgan fingerprint density at radius 2 is 2.17 bits per heavy atom. The molecule has 1 amide bonds. The number of benzene rings is 1. The van der Waals surface area contributed by atoms with Crippen LogP contribution in [0.5, 0.6) is 0 Å². The van der Waals surface area contributed by atoms with Crippen molar-refractivity contribution in [3.05, 3.63) is 40.9 Å². The van der Waals surface area contributed by atoms with Gasteiger partial charge in [-0.3, -0.25) is 4.79 Å². The van der Waals surface area contributed by atoms with E-state index >= 15 is 0 Å². The van der Waals surface area contributed by atoms with E-state index in [9.17, 15) is 9.59 Å².